The molecule has 2 unspecified atom stereocenters. The summed E-state index contributed by atoms with van der Waals surface area (Å²) in [5.41, 5.74) is 4.83. The van der Waals surface area contributed by atoms with Gasteiger partial charge in [0.15, 0.2) is 6.10 Å². The average molecular weight is 229 g/mol. The Labute approximate surface area is 91.3 Å². The Balaban J connectivity index is 3.03. The van der Waals surface area contributed by atoms with Crippen molar-refractivity contribution in [3.05, 3.63) is 29.6 Å². The highest BCUT2D eigenvalue weighted by Crippen LogP contribution is 2.23. The van der Waals surface area contributed by atoms with Gasteiger partial charge in [0, 0.05) is 6.07 Å². The number of nitrogens with two attached hydrogens (primary N) is 1. The number of aliphatic hydroxyl groups is 2. The second-order valence-electron chi connectivity index (χ2n) is 3.22. The summed E-state index contributed by atoms with van der Waals surface area (Å²) >= 11 is 0. The molecule has 88 valence electrons. The van der Waals surface area contributed by atoms with Crippen LogP contribution in [0.25, 0.3) is 0 Å². The number of amides is 1. The first-order chi connectivity index (χ1) is 7.45. The molecule has 1 aromatic carbocycles. The first-order valence-corrected chi connectivity index (χ1v) is 4.45. The summed E-state index contributed by atoms with van der Waals surface area (Å²) in [5, 5.41) is 18.7. The Kier molecular flexibility index (Phi) is 3.81. The fourth-order valence-electron chi connectivity index (χ4n) is 1.21. The molecule has 0 aromatic heterocycles. The van der Waals surface area contributed by atoms with Crippen molar-refractivity contribution in [3.8, 4) is 5.75 Å². The number of hydrogen-bond acceptors (Lipinski definition) is 4. The van der Waals surface area contributed by atoms with Crippen LogP contribution in [0, 0.1) is 5.82 Å². The van der Waals surface area contributed by atoms with E-state index in [0.717, 1.165) is 12.1 Å². The topological polar surface area (TPSA) is 92.8 Å². The van der Waals surface area contributed by atoms with E-state index >= 15 is 0 Å². The summed E-state index contributed by atoms with van der Waals surface area (Å²) < 4.78 is 17.8. The Hall–Kier alpha value is -1.66. The molecule has 16 heavy (non-hydrogen) atoms. The Morgan fingerprint density at radius 3 is 2.56 bits per heavy atom. The highest BCUT2D eigenvalue weighted by molar-refractivity contribution is 5.79. The molecule has 0 aliphatic heterocycles. The molecule has 0 saturated heterocycles. The number of halogens is 1. The summed E-state index contributed by atoms with van der Waals surface area (Å²) in [6.07, 6.45) is -3.37. The van der Waals surface area contributed by atoms with Crippen LogP contribution in [0.1, 0.15) is 11.7 Å². The van der Waals surface area contributed by atoms with Crippen LogP contribution in [0.5, 0.6) is 5.75 Å². The molecule has 0 aliphatic rings. The van der Waals surface area contributed by atoms with E-state index in [4.69, 9.17) is 10.5 Å². The van der Waals surface area contributed by atoms with Gasteiger partial charge in [-0.3, -0.25) is 4.79 Å². The van der Waals surface area contributed by atoms with Crippen molar-refractivity contribution < 1.29 is 24.1 Å². The molecule has 1 rings (SSSR count). The molecule has 0 spiro atoms. The maximum absolute atomic E-state index is 13.1. The number of aliphatic hydroxyl groups excluding tert-OH is 2. The van der Waals surface area contributed by atoms with Gasteiger partial charge in [-0.25, -0.2) is 4.39 Å². The van der Waals surface area contributed by atoms with Gasteiger partial charge in [-0.1, -0.05) is 0 Å². The number of rotatable bonds is 4. The molecule has 5 nitrogen and oxygen atoms in total. The molecular formula is C10H12FNO4. The SMILES string of the molecule is COc1cc(F)cc(C(O)C(O)C(N)=O)c1. The number of benzene rings is 1. The molecule has 0 aliphatic carbocycles. The van der Waals surface area contributed by atoms with Gasteiger partial charge in [-0.15, -0.1) is 0 Å². The van der Waals surface area contributed by atoms with Crippen LogP contribution in [-0.2, 0) is 4.79 Å². The zero-order valence-electron chi connectivity index (χ0n) is 8.55. The van der Waals surface area contributed by atoms with Crippen molar-refractivity contribution in [2.24, 2.45) is 5.73 Å². The maximum Gasteiger partial charge on any atom is 0.249 e. The molecule has 0 fully saturated rings. The molecule has 0 saturated carbocycles. The summed E-state index contributed by atoms with van der Waals surface area (Å²) in [6.45, 7) is 0. The van der Waals surface area contributed by atoms with Gasteiger partial charge in [0.05, 0.1) is 7.11 Å². The zero-order chi connectivity index (χ0) is 12.3. The zero-order valence-corrected chi connectivity index (χ0v) is 8.55. The Morgan fingerprint density at radius 2 is 2.06 bits per heavy atom. The van der Waals surface area contributed by atoms with Crippen LogP contribution in [-0.4, -0.2) is 29.3 Å². The summed E-state index contributed by atoms with van der Waals surface area (Å²) in [6, 6.07) is 3.39. The third-order valence-electron chi connectivity index (χ3n) is 2.06. The smallest absolute Gasteiger partial charge is 0.249 e. The lowest BCUT2D eigenvalue weighted by atomic mass is 10.0. The van der Waals surface area contributed by atoms with Gasteiger partial charge in [0.25, 0.3) is 0 Å². The molecule has 0 heterocycles. The van der Waals surface area contributed by atoms with Gasteiger partial charge in [0.2, 0.25) is 5.91 Å². The predicted molar refractivity (Wildman–Crippen MR) is 53.1 cm³/mol. The normalized spacial score (nSPS) is 14.2. The van der Waals surface area contributed by atoms with Crippen LogP contribution >= 0.6 is 0 Å². The third kappa shape index (κ3) is 2.68. The molecule has 4 N–H and O–H groups in total. The number of methoxy groups -OCH3 is 1. The lowest BCUT2D eigenvalue weighted by Gasteiger charge is -2.15. The Morgan fingerprint density at radius 1 is 1.44 bits per heavy atom. The van der Waals surface area contributed by atoms with E-state index in [1.807, 2.05) is 0 Å². The lowest BCUT2D eigenvalue weighted by Crippen LogP contribution is -2.33. The quantitative estimate of drug-likeness (QED) is 0.661. The lowest BCUT2D eigenvalue weighted by molar-refractivity contribution is -0.132. The average Bonchev–Trinajstić information content (AvgIpc) is 2.25. The molecule has 0 radical (unpaired) electrons. The molecule has 2 atom stereocenters. The number of primary amides is 1. The minimum Gasteiger partial charge on any atom is -0.497 e. The number of ether oxygens (including phenoxy) is 1. The van der Waals surface area contributed by atoms with Crippen LogP contribution < -0.4 is 10.5 Å². The van der Waals surface area contributed by atoms with Gasteiger partial charge >= 0.3 is 0 Å². The van der Waals surface area contributed by atoms with Gasteiger partial charge in [0.1, 0.15) is 17.7 Å². The van der Waals surface area contributed by atoms with Crippen LogP contribution in [0.2, 0.25) is 0 Å². The van der Waals surface area contributed by atoms with E-state index < -0.39 is 23.9 Å². The van der Waals surface area contributed by atoms with Crippen LogP contribution in [0.4, 0.5) is 4.39 Å². The molecule has 1 aromatic rings. The number of hydrogen-bond donors (Lipinski definition) is 3. The fraction of sp³-hybridized carbons (Fsp3) is 0.300. The van der Waals surface area contributed by atoms with Crippen molar-refractivity contribution in [3.63, 3.8) is 0 Å². The molecule has 1 amide bonds. The first kappa shape index (κ1) is 12.4. The minimum atomic E-state index is -1.79. The highest BCUT2D eigenvalue weighted by Gasteiger charge is 2.24. The molecule has 6 heteroatoms. The summed E-state index contributed by atoms with van der Waals surface area (Å²) in [4.78, 5) is 10.6. The van der Waals surface area contributed by atoms with E-state index in [2.05, 4.69) is 0 Å². The van der Waals surface area contributed by atoms with Crippen molar-refractivity contribution in [2.45, 2.75) is 12.2 Å². The maximum atomic E-state index is 13.1. The summed E-state index contributed by atoms with van der Waals surface area (Å²) in [5.74, 6) is -1.56. The third-order valence-corrected chi connectivity index (χ3v) is 2.06. The number of carbonyl (C=O) groups is 1. The molecular weight excluding hydrogens is 217 g/mol. The second kappa shape index (κ2) is 4.91. The highest BCUT2D eigenvalue weighted by atomic mass is 19.1. The van der Waals surface area contributed by atoms with E-state index in [0.29, 0.717) is 0 Å². The van der Waals surface area contributed by atoms with E-state index in [1.54, 1.807) is 0 Å². The van der Waals surface area contributed by atoms with Crippen molar-refractivity contribution in [1.82, 2.24) is 0 Å². The Bertz CT molecular complexity index is 396. The molecule has 0 bridgehead atoms. The first-order valence-electron chi connectivity index (χ1n) is 4.45. The van der Waals surface area contributed by atoms with Gasteiger partial charge in [-0.05, 0) is 17.7 Å². The van der Waals surface area contributed by atoms with E-state index in [1.165, 1.54) is 13.2 Å². The monoisotopic (exact) mass is 229 g/mol. The van der Waals surface area contributed by atoms with Crippen LogP contribution in [0.15, 0.2) is 18.2 Å². The largest absolute Gasteiger partial charge is 0.497 e. The standard InChI is InChI=1S/C10H12FNO4/c1-16-7-3-5(2-6(11)4-7)8(13)9(14)10(12)15/h2-4,8-9,13-14H,1H3,(H2,12,15). The van der Waals surface area contributed by atoms with E-state index in [-0.39, 0.29) is 11.3 Å². The van der Waals surface area contributed by atoms with E-state index in [9.17, 15) is 19.4 Å². The fourth-order valence-corrected chi connectivity index (χ4v) is 1.21. The van der Waals surface area contributed by atoms with Crippen LogP contribution in [0.3, 0.4) is 0 Å². The summed E-state index contributed by atoms with van der Waals surface area (Å²) in [7, 11) is 1.33. The second-order valence-corrected chi connectivity index (χ2v) is 3.22. The predicted octanol–water partition coefficient (Wildman–Crippen LogP) is -0.286. The minimum absolute atomic E-state index is 0.0168. The van der Waals surface area contributed by atoms with Crippen molar-refractivity contribution in [2.75, 3.05) is 7.11 Å². The van der Waals surface area contributed by atoms with Crippen molar-refractivity contribution in [1.29, 1.82) is 0 Å². The number of carbonyl (C=O) groups excluding carboxylic acids is 1. The van der Waals surface area contributed by atoms with Gasteiger partial charge in [-0.2, -0.15) is 0 Å². The van der Waals surface area contributed by atoms with Gasteiger partial charge < -0.3 is 20.7 Å². The van der Waals surface area contributed by atoms with Crippen molar-refractivity contribution >= 4 is 5.91 Å².